The molecule has 32 heavy (non-hydrogen) atoms. The molecule has 0 aromatic heterocycles. The van der Waals surface area contributed by atoms with Gasteiger partial charge in [-0.1, -0.05) is 24.1 Å². The van der Waals surface area contributed by atoms with Crippen molar-refractivity contribution in [3.8, 4) is 23.7 Å². The summed E-state index contributed by atoms with van der Waals surface area (Å²) >= 11 is 0. The summed E-state index contributed by atoms with van der Waals surface area (Å²) in [5.41, 5.74) is 0.802. The maximum Gasteiger partial charge on any atom is 0.408 e. The van der Waals surface area contributed by atoms with Crippen LogP contribution in [0.1, 0.15) is 24.8 Å². The van der Waals surface area contributed by atoms with Crippen LogP contribution in [0.4, 0.5) is 4.79 Å². The average Bonchev–Trinajstić information content (AvgIpc) is 3.03. The molecule has 1 atom stereocenters. The Morgan fingerprint density at radius 3 is 2.56 bits per heavy atom. The lowest BCUT2D eigenvalue weighted by Gasteiger charge is -2.13. The number of carbonyl (C=O) groups excluding carboxylic acids is 4. The SMILES string of the molecule is O=C(CCCNC(=O)OCC#CC#Cc1ccccc1)ON1C(=O)CC(S(=O)(=O)O)C1=O. The van der Waals surface area contributed by atoms with Crippen molar-refractivity contribution in [3.63, 3.8) is 0 Å². The number of alkyl carbamates (subject to hydrolysis) is 1. The van der Waals surface area contributed by atoms with E-state index in [1.165, 1.54) is 0 Å². The summed E-state index contributed by atoms with van der Waals surface area (Å²) in [6.07, 6.45) is -1.80. The van der Waals surface area contributed by atoms with Gasteiger partial charge in [0.15, 0.2) is 11.9 Å². The molecule has 2 N–H and O–H groups in total. The number of hydrogen-bond acceptors (Lipinski definition) is 8. The maximum atomic E-state index is 11.8. The van der Waals surface area contributed by atoms with Crippen molar-refractivity contribution in [3.05, 3.63) is 35.9 Å². The first-order chi connectivity index (χ1) is 15.2. The number of amides is 3. The summed E-state index contributed by atoms with van der Waals surface area (Å²) in [5.74, 6) is 7.10. The third kappa shape index (κ3) is 7.75. The Balaban J connectivity index is 1.62. The Morgan fingerprint density at radius 2 is 1.91 bits per heavy atom. The summed E-state index contributed by atoms with van der Waals surface area (Å²) in [7, 11) is -4.79. The molecule has 2 rings (SSSR count). The smallest absolute Gasteiger partial charge is 0.408 e. The van der Waals surface area contributed by atoms with Gasteiger partial charge in [-0.2, -0.15) is 8.42 Å². The molecule has 3 amide bonds. The molecule has 1 aliphatic heterocycles. The molecule has 0 spiro atoms. The van der Waals surface area contributed by atoms with Gasteiger partial charge in [0.25, 0.3) is 21.9 Å². The summed E-state index contributed by atoms with van der Waals surface area (Å²) in [6, 6.07) is 9.20. The number of nitrogens with one attached hydrogen (secondary N) is 1. The maximum absolute atomic E-state index is 11.8. The molecule has 11 nitrogen and oxygen atoms in total. The van der Waals surface area contributed by atoms with Gasteiger partial charge in [0, 0.05) is 18.5 Å². The predicted molar refractivity (Wildman–Crippen MR) is 108 cm³/mol. The number of imide groups is 1. The Bertz CT molecular complexity index is 1110. The van der Waals surface area contributed by atoms with Gasteiger partial charge in [-0.25, -0.2) is 9.59 Å². The molecule has 12 heteroatoms. The number of benzene rings is 1. The molecule has 0 saturated carbocycles. The van der Waals surface area contributed by atoms with Gasteiger partial charge >= 0.3 is 12.1 Å². The van der Waals surface area contributed by atoms with Crippen molar-refractivity contribution in [2.24, 2.45) is 0 Å². The van der Waals surface area contributed by atoms with Gasteiger partial charge in [-0.05, 0) is 36.3 Å². The van der Waals surface area contributed by atoms with E-state index >= 15 is 0 Å². The molecule has 1 saturated heterocycles. The highest BCUT2D eigenvalue weighted by atomic mass is 32.2. The van der Waals surface area contributed by atoms with Crippen LogP contribution in [0.3, 0.4) is 0 Å². The summed E-state index contributed by atoms with van der Waals surface area (Å²) < 4.78 is 35.8. The van der Waals surface area contributed by atoms with Crippen LogP contribution in [0.2, 0.25) is 0 Å². The number of rotatable bonds is 7. The van der Waals surface area contributed by atoms with Crippen molar-refractivity contribution in [2.75, 3.05) is 13.2 Å². The molecule has 1 aromatic rings. The minimum Gasteiger partial charge on any atom is -0.436 e. The molecule has 1 unspecified atom stereocenters. The molecule has 0 aliphatic carbocycles. The van der Waals surface area contributed by atoms with Crippen molar-refractivity contribution >= 4 is 34.0 Å². The highest BCUT2D eigenvalue weighted by Crippen LogP contribution is 2.20. The van der Waals surface area contributed by atoms with Gasteiger partial charge in [0.2, 0.25) is 0 Å². The fourth-order valence-electron chi connectivity index (χ4n) is 2.34. The number of ether oxygens (including phenoxy) is 1. The summed E-state index contributed by atoms with van der Waals surface area (Å²) in [6.45, 7) is -0.170. The molecular weight excluding hydrogens is 444 g/mol. The predicted octanol–water partition coefficient (Wildman–Crippen LogP) is 0.0214. The van der Waals surface area contributed by atoms with Crippen molar-refractivity contribution < 1.29 is 41.7 Å². The van der Waals surface area contributed by atoms with E-state index in [1.54, 1.807) is 0 Å². The number of nitrogens with zero attached hydrogens (tertiary/aromatic N) is 1. The Morgan fingerprint density at radius 1 is 1.19 bits per heavy atom. The van der Waals surface area contributed by atoms with E-state index in [9.17, 15) is 27.6 Å². The number of carbonyl (C=O) groups is 4. The Hall–Kier alpha value is -3.87. The quantitative estimate of drug-likeness (QED) is 0.247. The van der Waals surface area contributed by atoms with Gasteiger partial charge in [0.1, 0.15) is 0 Å². The molecule has 1 heterocycles. The third-order valence-electron chi connectivity index (χ3n) is 3.85. The number of hydrogen-bond donors (Lipinski definition) is 2. The third-order valence-corrected chi connectivity index (χ3v) is 4.94. The second-order valence-corrected chi connectivity index (χ2v) is 7.82. The van der Waals surface area contributed by atoms with Gasteiger partial charge in [-0.15, -0.1) is 5.06 Å². The van der Waals surface area contributed by atoms with Crippen LogP contribution in [0, 0.1) is 23.7 Å². The van der Waals surface area contributed by atoms with Gasteiger partial charge in [-0.3, -0.25) is 14.1 Å². The summed E-state index contributed by atoms with van der Waals surface area (Å²) in [4.78, 5) is 51.1. The zero-order chi connectivity index (χ0) is 23.6. The first-order valence-electron chi connectivity index (χ1n) is 9.17. The van der Waals surface area contributed by atoms with E-state index in [0.717, 1.165) is 5.56 Å². The fraction of sp³-hybridized carbons (Fsp3) is 0.300. The van der Waals surface area contributed by atoms with Crippen LogP contribution in [0.15, 0.2) is 30.3 Å². The van der Waals surface area contributed by atoms with Crippen LogP contribution < -0.4 is 5.32 Å². The van der Waals surface area contributed by atoms with E-state index in [4.69, 9.17) is 9.29 Å². The molecule has 168 valence electrons. The second kappa shape index (κ2) is 11.5. The molecule has 1 aliphatic rings. The minimum absolute atomic E-state index is 0.0157. The van der Waals surface area contributed by atoms with Crippen LogP contribution in [0.25, 0.3) is 0 Å². The van der Waals surface area contributed by atoms with Crippen LogP contribution in [-0.4, -0.2) is 60.3 Å². The standard InChI is InChI=1S/C20H18N2O9S/c23-17-14-16(32(27,28)29)19(25)22(17)31-18(24)11-7-12-21-20(26)30-13-6-2-5-10-15-8-3-1-4-9-15/h1,3-4,8-9,16H,7,11-14H2,(H,21,26)(H,27,28,29). The van der Waals surface area contributed by atoms with Gasteiger partial charge in [0.05, 0.1) is 6.42 Å². The van der Waals surface area contributed by atoms with Crippen LogP contribution in [-0.2, 0) is 34.1 Å². The lowest BCUT2D eigenvalue weighted by molar-refractivity contribution is -0.197. The normalized spacial score (nSPS) is 15.2. The van der Waals surface area contributed by atoms with Crippen LogP contribution in [0.5, 0.6) is 0 Å². The molecule has 1 fully saturated rings. The molecule has 0 radical (unpaired) electrons. The lowest BCUT2D eigenvalue weighted by atomic mass is 10.2. The Labute approximate surface area is 183 Å². The first-order valence-corrected chi connectivity index (χ1v) is 10.7. The highest BCUT2D eigenvalue weighted by molar-refractivity contribution is 7.87. The van der Waals surface area contributed by atoms with E-state index in [-0.39, 0.29) is 31.1 Å². The number of hydroxylamine groups is 2. The van der Waals surface area contributed by atoms with E-state index in [1.807, 2.05) is 30.3 Å². The van der Waals surface area contributed by atoms with Crippen molar-refractivity contribution in [1.82, 2.24) is 10.4 Å². The van der Waals surface area contributed by atoms with Crippen molar-refractivity contribution in [1.29, 1.82) is 0 Å². The zero-order valence-corrected chi connectivity index (χ0v) is 17.4. The van der Waals surface area contributed by atoms with Gasteiger partial charge < -0.3 is 14.9 Å². The van der Waals surface area contributed by atoms with Crippen molar-refractivity contribution in [2.45, 2.75) is 24.5 Å². The minimum atomic E-state index is -4.79. The van der Waals surface area contributed by atoms with E-state index < -0.39 is 45.7 Å². The summed E-state index contributed by atoms with van der Waals surface area (Å²) in [5, 5.41) is 0.382. The fourth-order valence-corrected chi connectivity index (χ4v) is 3.04. The zero-order valence-electron chi connectivity index (χ0n) is 16.6. The monoisotopic (exact) mass is 462 g/mol. The molecule has 0 bridgehead atoms. The van der Waals surface area contributed by atoms with E-state index in [2.05, 4.69) is 33.8 Å². The highest BCUT2D eigenvalue weighted by Gasteiger charge is 2.48. The molecular formula is C20H18N2O9S. The molecule has 1 aromatic carbocycles. The van der Waals surface area contributed by atoms with E-state index in [0.29, 0.717) is 0 Å². The topological polar surface area (TPSA) is 156 Å². The largest absolute Gasteiger partial charge is 0.436 e. The lowest BCUT2D eigenvalue weighted by Crippen LogP contribution is -2.36. The van der Waals surface area contributed by atoms with Crippen LogP contribution >= 0.6 is 0 Å². The first kappa shape index (κ1) is 24.4. The average molecular weight is 462 g/mol. The Kier molecular flexibility index (Phi) is 8.77. The second-order valence-electron chi connectivity index (χ2n) is 6.22.